The van der Waals surface area contributed by atoms with Gasteiger partial charge in [-0.3, -0.25) is 9.10 Å². The molecular weight excluding hydrogens is 532 g/mol. The Hall–Kier alpha value is -3.04. The average molecular weight is 561 g/mol. The number of nitrogens with zero attached hydrogens (tertiary/aromatic N) is 1. The number of carbonyl (C=O) groups excluding carboxylic acids is 1. The lowest BCUT2D eigenvalue weighted by molar-refractivity contribution is -0.120. The van der Waals surface area contributed by atoms with Crippen molar-refractivity contribution >= 4 is 37.5 Å². The Labute approximate surface area is 215 Å². The summed E-state index contributed by atoms with van der Waals surface area (Å²) in [7, 11) is -2.55. The van der Waals surface area contributed by atoms with E-state index in [0.29, 0.717) is 22.5 Å². The van der Waals surface area contributed by atoms with Gasteiger partial charge in [-0.05, 0) is 84.7 Å². The number of nitrogens with one attached hydrogen (secondary N) is 1. The van der Waals surface area contributed by atoms with Gasteiger partial charge in [-0.1, -0.05) is 29.8 Å². The molecule has 3 aromatic rings. The lowest BCUT2D eigenvalue weighted by Gasteiger charge is -2.25. The largest absolute Gasteiger partial charge is 0.496 e. The number of anilines is 1. The molecule has 0 radical (unpaired) electrons. The van der Waals surface area contributed by atoms with Gasteiger partial charge in [0, 0.05) is 0 Å². The van der Waals surface area contributed by atoms with Crippen molar-refractivity contribution in [3.05, 3.63) is 82.3 Å². The van der Waals surface area contributed by atoms with Crippen molar-refractivity contribution in [2.45, 2.75) is 31.7 Å². The summed E-state index contributed by atoms with van der Waals surface area (Å²) in [4.78, 5) is 13.1. The van der Waals surface area contributed by atoms with E-state index in [1.165, 1.54) is 19.2 Å². The topological polar surface area (TPSA) is 84.9 Å². The van der Waals surface area contributed by atoms with Crippen molar-refractivity contribution in [1.82, 2.24) is 5.32 Å². The molecule has 0 saturated heterocycles. The molecule has 0 saturated carbocycles. The predicted octanol–water partition coefficient (Wildman–Crippen LogP) is 5.24. The Balaban J connectivity index is 1.86. The van der Waals surface area contributed by atoms with E-state index >= 15 is 0 Å². The van der Waals surface area contributed by atoms with E-state index < -0.39 is 15.9 Å². The molecule has 3 rings (SSSR count). The summed E-state index contributed by atoms with van der Waals surface area (Å²) >= 11 is 3.34. The van der Waals surface area contributed by atoms with Gasteiger partial charge in [0.05, 0.1) is 34.8 Å². The smallest absolute Gasteiger partial charge is 0.264 e. The summed E-state index contributed by atoms with van der Waals surface area (Å²) in [5, 5.41) is 2.90. The maximum absolute atomic E-state index is 13.6. The molecule has 0 aliphatic carbocycles. The van der Waals surface area contributed by atoms with Crippen molar-refractivity contribution in [1.29, 1.82) is 0 Å². The third-order valence-electron chi connectivity index (χ3n) is 5.39. The van der Waals surface area contributed by atoms with E-state index in [9.17, 15) is 13.2 Å². The monoisotopic (exact) mass is 560 g/mol. The molecule has 9 heteroatoms. The van der Waals surface area contributed by atoms with Crippen LogP contribution in [0.15, 0.2) is 76.1 Å². The van der Waals surface area contributed by atoms with Crippen LogP contribution >= 0.6 is 15.9 Å². The quantitative estimate of drug-likeness (QED) is 0.366. The highest BCUT2D eigenvalue weighted by Crippen LogP contribution is 2.31. The lowest BCUT2D eigenvalue weighted by Crippen LogP contribution is -2.41. The van der Waals surface area contributed by atoms with Gasteiger partial charge < -0.3 is 14.8 Å². The first-order valence-electron chi connectivity index (χ1n) is 11.1. The molecule has 0 aliphatic heterocycles. The second kappa shape index (κ2) is 11.6. The van der Waals surface area contributed by atoms with E-state index in [4.69, 9.17) is 9.47 Å². The van der Waals surface area contributed by atoms with E-state index in [1.54, 1.807) is 18.2 Å². The van der Waals surface area contributed by atoms with Crippen LogP contribution in [0.2, 0.25) is 0 Å². The van der Waals surface area contributed by atoms with Crippen molar-refractivity contribution in [3.63, 3.8) is 0 Å². The highest BCUT2D eigenvalue weighted by molar-refractivity contribution is 9.10. The van der Waals surface area contributed by atoms with Gasteiger partial charge in [-0.2, -0.15) is 0 Å². The molecule has 0 bridgehead atoms. The molecule has 3 aromatic carbocycles. The normalized spacial score (nSPS) is 12.0. The van der Waals surface area contributed by atoms with Gasteiger partial charge in [0.15, 0.2) is 0 Å². The number of carbonyl (C=O) groups is 1. The average Bonchev–Trinajstić information content (AvgIpc) is 2.83. The number of halogens is 1. The minimum absolute atomic E-state index is 0.0399. The number of sulfonamides is 1. The summed E-state index contributed by atoms with van der Waals surface area (Å²) in [6.45, 7) is 5.86. The summed E-state index contributed by atoms with van der Waals surface area (Å²) in [5.41, 5.74) is 2.25. The molecular formula is C26H29BrN2O5S. The fourth-order valence-corrected chi connectivity index (χ4v) is 5.62. The Bertz CT molecular complexity index is 1260. The molecule has 35 heavy (non-hydrogen) atoms. The van der Waals surface area contributed by atoms with Gasteiger partial charge in [0.25, 0.3) is 10.0 Å². The van der Waals surface area contributed by atoms with Gasteiger partial charge in [-0.25, -0.2) is 8.42 Å². The Morgan fingerprint density at radius 2 is 1.71 bits per heavy atom. The maximum Gasteiger partial charge on any atom is 0.264 e. The molecule has 1 atom stereocenters. The van der Waals surface area contributed by atoms with Crippen molar-refractivity contribution in [2.24, 2.45) is 0 Å². The van der Waals surface area contributed by atoms with Crippen LogP contribution in [0.4, 0.5) is 5.69 Å². The molecule has 0 fully saturated rings. The summed E-state index contributed by atoms with van der Waals surface area (Å²) in [6.07, 6.45) is 0. The molecule has 0 unspecified atom stereocenters. The number of rotatable bonds is 10. The van der Waals surface area contributed by atoms with Gasteiger partial charge >= 0.3 is 0 Å². The fraction of sp³-hybridized carbons (Fsp3) is 0.269. The van der Waals surface area contributed by atoms with Crippen LogP contribution < -0.4 is 19.1 Å². The van der Waals surface area contributed by atoms with E-state index in [-0.39, 0.29) is 17.5 Å². The van der Waals surface area contributed by atoms with E-state index in [1.807, 2.05) is 57.2 Å². The first-order valence-corrected chi connectivity index (χ1v) is 13.3. The summed E-state index contributed by atoms with van der Waals surface area (Å²) in [5.74, 6) is 0.827. The first-order chi connectivity index (χ1) is 16.6. The standard InChI is InChI=1S/C26H29BrN2O5S/c1-5-34-22-12-8-20(9-13-22)19(3)28-26(30)17-29(21-10-6-18(2)7-11-21)35(31,32)23-14-15-25(33-4)24(27)16-23/h6-16,19H,5,17H2,1-4H3,(H,28,30)/t19-/m0/s1. The van der Waals surface area contributed by atoms with Crippen LogP contribution in [0, 0.1) is 6.92 Å². The molecule has 1 N–H and O–H groups in total. The van der Waals surface area contributed by atoms with Crippen LogP contribution in [-0.2, 0) is 14.8 Å². The molecule has 186 valence electrons. The number of benzene rings is 3. The zero-order valence-corrected chi connectivity index (χ0v) is 22.5. The van der Waals surface area contributed by atoms with Crippen molar-refractivity contribution < 1.29 is 22.7 Å². The molecule has 0 aliphatic rings. The molecule has 0 aromatic heterocycles. The van der Waals surface area contributed by atoms with Gasteiger partial charge in [0.2, 0.25) is 5.91 Å². The van der Waals surface area contributed by atoms with Crippen LogP contribution in [0.5, 0.6) is 11.5 Å². The third-order valence-corrected chi connectivity index (χ3v) is 7.78. The minimum atomic E-state index is -4.05. The first kappa shape index (κ1) is 26.6. The predicted molar refractivity (Wildman–Crippen MR) is 141 cm³/mol. The van der Waals surface area contributed by atoms with Crippen LogP contribution in [0.1, 0.15) is 31.0 Å². The van der Waals surface area contributed by atoms with Crippen LogP contribution in [0.3, 0.4) is 0 Å². The number of methoxy groups -OCH3 is 1. The SMILES string of the molecule is CCOc1ccc([C@H](C)NC(=O)CN(c2ccc(C)cc2)S(=O)(=O)c2ccc(OC)c(Br)c2)cc1. The number of aryl methyl sites for hydroxylation is 1. The fourth-order valence-electron chi connectivity index (χ4n) is 3.48. The Morgan fingerprint density at radius 3 is 2.29 bits per heavy atom. The number of hydrogen-bond donors (Lipinski definition) is 1. The van der Waals surface area contributed by atoms with Gasteiger partial charge in [-0.15, -0.1) is 0 Å². The molecule has 0 heterocycles. The van der Waals surface area contributed by atoms with Gasteiger partial charge in [0.1, 0.15) is 18.0 Å². The van der Waals surface area contributed by atoms with Crippen LogP contribution in [0.25, 0.3) is 0 Å². The van der Waals surface area contributed by atoms with E-state index in [0.717, 1.165) is 21.2 Å². The molecule has 0 spiro atoms. The number of hydrogen-bond acceptors (Lipinski definition) is 5. The zero-order valence-electron chi connectivity index (χ0n) is 20.1. The van der Waals surface area contributed by atoms with E-state index in [2.05, 4.69) is 21.2 Å². The maximum atomic E-state index is 13.6. The summed E-state index contributed by atoms with van der Waals surface area (Å²) < 4.78 is 39.5. The Kier molecular flexibility index (Phi) is 8.80. The highest BCUT2D eigenvalue weighted by atomic mass is 79.9. The molecule has 1 amide bonds. The zero-order chi connectivity index (χ0) is 25.6. The Morgan fingerprint density at radius 1 is 1.06 bits per heavy atom. The number of ether oxygens (including phenoxy) is 2. The van der Waals surface area contributed by atoms with Crippen molar-refractivity contribution in [2.75, 3.05) is 24.6 Å². The number of amides is 1. The van der Waals surface area contributed by atoms with Crippen molar-refractivity contribution in [3.8, 4) is 11.5 Å². The third kappa shape index (κ3) is 6.55. The lowest BCUT2D eigenvalue weighted by atomic mass is 10.1. The second-order valence-electron chi connectivity index (χ2n) is 7.93. The second-order valence-corrected chi connectivity index (χ2v) is 10.7. The molecule has 7 nitrogen and oxygen atoms in total. The summed E-state index contributed by atoms with van der Waals surface area (Å²) in [6, 6.07) is 18.6. The highest BCUT2D eigenvalue weighted by Gasteiger charge is 2.28. The van der Waals surface area contributed by atoms with Crippen LogP contribution in [-0.4, -0.2) is 34.6 Å². The minimum Gasteiger partial charge on any atom is -0.496 e.